The van der Waals surface area contributed by atoms with Crippen molar-refractivity contribution in [2.75, 3.05) is 17.3 Å². The normalized spacial score (nSPS) is 13.5. The van der Waals surface area contributed by atoms with Crippen LogP contribution in [-0.4, -0.2) is 32.7 Å². The number of rotatable bonds is 7. The van der Waals surface area contributed by atoms with Crippen LogP contribution in [0.1, 0.15) is 18.9 Å². The Morgan fingerprint density at radius 1 is 1.21 bits per heavy atom. The third-order valence-electron chi connectivity index (χ3n) is 4.38. The molecule has 1 heterocycles. The molecule has 1 fully saturated rings. The van der Waals surface area contributed by atoms with Crippen molar-refractivity contribution < 1.29 is 9.18 Å². The molecule has 1 N–H and O–H groups in total. The number of aromatic nitrogens is 3. The molecule has 0 spiro atoms. The highest BCUT2D eigenvalue weighted by atomic mass is 32.2. The van der Waals surface area contributed by atoms with Gasteiger partial charge in [0, 0.05) is 16.6 Å². The zero-order valence-electron chi connectivity index (χ0n) is 15.3. The van der Waals surface area contributed by atoms with E-state index in [9.17, 15) is 9.18 Å². The number of thioether (sulfide) groups is 2. The van der Waals surface area contributed by atoms with Gasteiger partial charge in [0.15, 0.2) is 11.0 Å². The highest BCUT2D eigenvalue weighted by Crippen LogP contribution is 2.41. The summed E-state index contributed by atoms with van der Waals surface area (Å²) in [6.07, 6.45) is 4.02. The van der Waals surface area contributed by atoms with Gasteiger partial charge in [-0.15, -0.1) is 22.0 Å². The van der Waals surface area contributed by atoms with E-state index in [1.165, 1.54) is 17.8 Å². The molecule has 28 heavy (non-hydrogen) atoms. The number of amides is 1. The van der Waals surface area contributed by atoms with Crippen LogP contribution in [-0.2, 0) is 4.79 Å². The van der Waals surface area contributed by atoms with Crippen LogP contribution in [0.25, 0.3) is 11.4 Å². The summed E-state index contributed by atoms with van der Waals surface area (Å²) in [5.74, 6) is 0.308. The second-order valence-electron chi connectivity index (χ2n) is 6.46. The predicted molar refractivity (Wildman–Crippen MR) is 111 cm³/mol. The first-order chi connectivity index (χ1) is 13.7. The van der Waals surface area contributed by atoms with Gasteiger partial charge in [-0.1, -0.05) is 30.0 Å². The molecular weight excluding hydrogens is 395 g/mol. The van der Waals surface area contributed by atoms with Gasteiger partial charge in [-0.25, -0.2) is 4.39 Å². The Morgan fingerprint density at radius 2 is 2.04 bits per heavy atom. The summed E-state index contributed by atoms with van der Waals surface area (Å²) < 4.78 is 16.2. The zero-order chi connectivity index (χ0) is 19.5. The lowest BCUT2D eigenvalue weighted by Crippen LogP contribution is -2.14. The molecule has 2 aromatic carbocycles. The van der Waals surface area contributed by atoms with Crippen LogP contribution in [0.15, 0.2) is 58.6 Å². The van der Waals surface area contributed by atoms with Crippen molar-refractivity contribution in [3.05, 3.63) is 54.3 Å². The molecule has 0 radical (unpaired) electrons. The topological polar surface area (TPSA) is 59.8 Å². The first-order valence-electron chi connectivity index (χ1n) is 8.92. The molecule has 4 rings (SSSR count). The fourth-order valence-corrected chi connectivity index (χ4v) is 4.16. The Morgan fingerprint density at radius 3 is 2.79 bits per heavy atom. The molecule has 1 aliphatic carbocycles. The Kier molecular flexibility index (Phi) is 5.68. The van der Waals surface area contributed by atoms with E-state index in [1.807, 2.05) is 35.1 Å². The summed E-state index contributed by atoms with van der Waals surface area (Å²) >= 11 is 2.95. The van der Waals surface area contributed by atoms with E-state index >= 15 is 0 Å². The molecule has 0 saturated heterocycles. The molecule has 3 aromatic rings. The predicted octanol–water partition coefficient (Wildman–Crippen LogP) is 4.87. The quantitative estimate of drug-likeness (QED) is 0.559. The maximum atomic E-state index is 14.2. The maximum Gasteiger partial charge on any atom is 0.234 e. The van der Waals surface area contributed by atoms with Crippen LogP contribution in [0.4, 0.5) is 10.1 Å². The maximum absolute atomic E-state index is 14.2. The summed E-state index contributed by atoms with van der Waals surface area (Å²) in [4.78, 5) is 13.4. The zero-order valence-corrected chi connectivity index (χ0v) is 16.9. The second-order valence-corrected chi connectivity index (χ2v) is 8.28. The van der Waals surface area contributed by atoms with Crippen molar-refractivity contribution in [3.63, 3.8) is 0 Å². The van der Waals surface area contributed by atoms with Crippen LogP contribution in [0, 0.1) is 5.82 Å². The molecule has 0 aliphatic heterocycles. The van der Waals surface area contributed by atoms with Gasteiger partial charge in [-0.3, -0.25) is 9.36 Å². The van der Waals surface area contributed by atoms with Crippen molar-refractivity contribution in [2.24, 2.45) is 0 Å². The monoisotopic (exact) mass is 414 g/mol. The Balaban J connectivity index is 1.48. The van der Waals surface area contributed by atoms with Gasteiger partial charge in [-0.2, -0.15) is 0 Å². The fraction of sp³-hybridized carbons (Fsp3) is 0.250. The van der Waals surface area contributed by atoms with Crippen molar-refractivity contribution in [2.45, 2.75) is 28.9 Å². The lowest BCUT2D eigenvalue weighted by Gasteiger charge is -2.10. The number of anilines is 1. The molecule has 144 valence electrons. The van der Waals surface area contributed by atoms with E-state index in [2.05, 4.69) is 15.5 Å². The number of nitrogens with zero attached hydrogens (tertiary/aromatic N) is 3. The van der Waals surface area contributed by atoms with Crippen molar-refractivity contribution in [1.82, 2.24) is 14.8 Å². The summed E-state index contributed by atoms with van der Waals surface area (Å²) in [5.41, 5.74) is 1.21. The summed E-state index contributed by atoms with van der Waals surface area (Å²) in [6, 6.07) is 14.6. The molecule has 1 saturated carbocycles. The second kappa shape index (κ2) is 8.36. The van der Waals surface area contributed by atoms with E-state index < -0.39 is 0 Å². The molecule has 1 aliphatic rings. The van der Waals surface area contributed by atoms with Crippen molar-refractivity contribution in [3.8, 4) is 11.4 Å². The van der Waals surface area contributed by atoms with E-state index in [-0.39, 0.29) is 23.5 Å². The molecule has 1 amide bonds. The Labute approximate surface area is 171 Å². The number of hydrogen-bond donors (Lipinski definition) is 1. The van der Waals surface area contributed by atoms with Gasteiger partial charge in [0.25, 0.3) is 0 Å². The highest BCUT2D eigenvalue weighted by molar-refractivity contribution is 7.99. The number of carbonyl (C=O) groups is 1. The standard InChI is InChI=1S/C20H19FN4OS2/c1-27-15-6-4-5-13(11-15)22-18(26)12-28-20-24-23-19(25(20)14-9-10-14)16-7-2-3-8-17(16)21/h2-8,11,14H,9-10,12H2,1H3,(H,22,26). The molecule has 5 nitrogen and oxygen atoms in total. The van der Waals surface area contributed by atoms with Gasteiger partial charge < -0.3 is 5.32 Å². The molecular formula is C20H19FN4OS2. The molecule has 0 unspecified atom stereocenters. The van der Waals surface area contributed by atoms with E-state index in [0.717, 1.165) is 23.4 Å². The van der Waals surface area contributed by atoms with Gasteiger partial charge in [0.2, 0.25) is 5.91 Å². The summed E-state index contributed by atoms with van der Waals surface area (Å²) in [6.45, 7) is 0. The average Bonchev–Trinajstić information content (AvgIpc) is 3.46. The van der Waals surface area contributed by atoms with Crippen LogP contribution in [0.5, 0.6) is 0 Å². The third-order valence-corrected chi connectivity index (χ3v) is 6.05. The van der Waals surface area contributed by atoms with Crippen molar-refractivity contribution in [1.29, 1.82) is 0 Å². The van der Waals surface area contributed by atoms with Crippen LogP contribution in [0.3, 0.4) is 0 Å². The summed E-state index contributed by atoms with van der Waals surface area (Å²) in [5, 5.41) is 12.0. The highest BCUT2D eigenvalue weighted by Gasteiger charge is 2.31. The number of benzene rings is 2. The summed E-state index contributed by atoms with van der Waals surface area (Å²) in [7, 11) is 0. The van der Waals surface area contributed by atoms with Crippen LogP contribution in [0.2, 0.25) is 0 Å². The Bertz CT molecular complexity index is 1000. The SMILES string of the molecule is CSc1cccc(NC(=O)CSc2nnc(-c3ccccc3F)n2C2CC2)c1. The first kappa shape index (κ1) is 19.0. The minimum absolute atomic E-state index is 0.110. The molecule has 0 bridgehead atoms. The Hall–Kier alpha value is -2.32. The number of halogens is 1. The average molecular weight is 415 g/mol. The lowest BCUT2D eigenvalue weighted by atomic mass is 10.2. The fourth-order valence-electron chi connectivity index (χ4n) is 2.89. The number of nitrogens with one attached hydrogen (secondary N) is 1. The minimum Gasteiger partial charge on any atom is -0.325 e. The van der Waals surface area contributed by atoms with Crippen LogP contribution >= 0.6 is 23.5 Å². The molecule has 1 aromatic heterocycles. The van der Waals surface area contributed by atoms with Gasteiger partial charge in [0.05, 0.1) is 11.3 Å². The first-order valence-corrected chi connectivity index (χ1v) is 11.1. The largest absolute Gasteiger partial charge is 0.325 e. The van der Waals surface area contributed by atoms with Gasteiger partial charge >= 0.3 is 0 Å². The lowest BCUT2D eigenvalue weighted by molar-refractivity contribution is -0.113. The molecule has 8 heteroatoms. The minimum atomic E-state index is -0.320. The van der Waals surface area contributed by atoms with E-state index in [0.29, 0.717) is 16.5 Å². The molecule has 0 atom stereocenters. The van der Waals surface area contributed by atoms with Gasteiger partial charge in [0.1, 0.15) is 5.82 Å². The van der Waals surface area contributed by atoms with E-state index in [4.69, 9.17) is 0 Å². The number of hydrogen-bond acceptors (Lipinski definition) is 5. The van der Waals surface area contributed by atoms with Crippen molar-refractivity contribution >= 4 is 35.1 Å². The smallest absolute Gasteiger partial charge is 0.234 e. The van der Waals surface area contributed by atoms with Gasteiger partial charge in [-0.05, 0) is 49.4 Å². The number of carbonyl (C=O) groups excluding carboxylic acids is 1. The third kappa shape index (κ3) is 4.23. The van der Waals surface area contributed by atoms with Crippen LogP contribution < -0.4 is 5.32 Å². The van der Waals surface area contributed by atoms with E-state index in [1.54, 1.807) is 30.0 Å².